The maximum atomic E-state index is 12.5. The van der Waals surface area contributed by atoms with E-state index < -0.39 is 5.97 Å². The molecule has 0 aromatic heterocycles. The van der Waals surface area contributed by atoms with Crippen LogP contribution in [0.15, 0.2) is 0 Å². The molecule has 0 spiro atoms. The lowest BCUT2D eigenvalue weighted by Gasteiger charge is -2.38. The van der Waals surface area contributed by atoms with Gasteiger partial charge < -0.3 is 15.3 Å². The minimum absolute atomic E-state index is 0.0380. The Morgan fingerprint density at radius 1 is 0.880 bits per heavy atom. The summed E-state index contributed by atoms with van der Waals surface area (Å²) < 4.78 is 0. The molecule has 25 heavy (non-hydrogen) atoms. The van der Waals surface area contributed by atoms with E-state index in [-0.39, 0.29) is 18.0 Å². The van der Waals surface area contributed by atoms with Crippen LogP contribution in [0, 0.1) is 11.8 Å². The van der Waals surface area contributed by atoms with Gasteiger partial charge in [-0.2, -0.15) is 0 Å². The molecule has 2 saturated carbocycles. The maximum Gasteiger partial charge on any atom is 0.317 e. The van der Waals surface area contributed by atoms with Crippen molar-refractivity contribution < 1.29 is 14.7 Å². The molecule has 0 aromatic rings. The zero-order chi connectivity index (χ0) is 17.6. The normalized spacial score (nSPS) is 29.4. The molecule has 2 N–H and O–H groups in total. The molecular formula is C19H33N3O3. The Morgan fingerprint density at radius 2 is 1.52 bits per heavy atom. The van der Waals surface area contributed by atoms with Crippen molar-refractivity contribution in [3.05, 3.63) is 0 Å². The lowest BCUT2D eigenvalue weighted by molar-refractivity contribution is -0.142. The molecule has 6 heteroatoms. The van der Waals surface area contributed by atoms with Gasteiger partial charge in [-0.25, -0.2) is 4.79 Å². The number of rotatable bonds is 4. The van der Waals surface area contributed by atoms with Crippen LogP contribution in [0.2, 0.25) is 0 Å². The molecule has 142 valence electrons. The lowest BCUT2D eigenvalue weighted by atomic mass is 9.86. The third kappa shape index (κ3) is 5.33. The quantitative estimate of drug-likeness (QED) is 0.816. The molecule has 1 saturated heterocycles. The minimum atomic E-state index is -0.695. The Morgan fingerprint density at radius 3 is 2.12 bits per heavy atom. The second kappa shape index (κ2) is 8.88. The van der Waals surface area contributed by atoms with Crippen molar-refractivity contribution in [2.45, 2.75) is 63.8 Å². The number of carboxylic acids is 1. The van der Waals surface area contributed by atoms with Crippen LogP contribution < -0.4 is 5.32 Å². The Kier molecular flexibility index (Phi) is 6.57. The van der Waals surface area contributed by atoms with Crippen molar-refractivity contribution in [1.29, 1.82) is 0 Å². The molecule has 0 bridgehead atoms. The molecular weight excluding hydrogens is 318 g/mol. The number of hydrogen-bond acceptors (Lipinski definition) is 3. The molecule has 3 fully saturated rings. The van der Waals surface area contributed by atoms with E-state index in [0.717, 1.165) is 44.9 Å². The van der Waals surface area contributed by atoms with Crippen molar-refractivity contribution in [2.75, 3.05) is 32.7 Å². The summed E-state index contributed by atoms with van der Waals surface area (Å²) in [5, 5.41) is 12.2. The zero-order valence-electron chi connectivity index (χ0n) is 15.3. The predicted octanol–water partition coefficient (Wildman–Crippen LogP) is 2.54. The molecule has 0 aromatic carbocycles. The largest absolute Gasteiger partial charge is 0.481 e. The summed E-state index contributed by atoms with van der Waals surface area (Å²) >= 11 is 0. The van der Waals surface area contributed by atoms with E-state index in [2.05, 4.69) is 10.2 Å². The van der Waals surface area contributed by atoms with Gasteiger partial charge in [0.2, 0.25) is 0 Å². The highest BCUT2D eigenvalue weighted by Gasteiger charge is 2.29. The number of aliphatic carboxylic acids is 1. The summed E-state index contributed by atoms with van der Waals surface area (Å²) in [7, 11) is 0. The van der Waals surface area contributed by atoms with E-state index in [1.54, 1.807) is 0 Å². The number of carbonyl (C=O) groups excluding carboxylic acids is 1. The van der Waals surface area contributed by atoms with Crippen molar-refractivity contribution in [1.82, 2.24) is 15.1 Å². The van der Waals surface area contributed by atoms with Crippen LogP contribution in [0.1, 0.15) is 57.8 Å². The third-order valence-electron chi connectivity index (χ3n) is 6.30. The molecule has 0 atom stereocenters. The maximum absolute atomic E-state index is 12.5. The first-order valence-corrected chi connectivity index (χ1v) is 10.1. The monoisotopic (exact) mass is 351 g/mol. The summed E-state index contributed by atoms with van der Waals surface area (Å²) in [5.41, 5.74) is 0. The fraction of sp³-hybridized carbons (Fsp3) is 0.895. The summed E-state index contributed by atoms with van der Waals surface area (Å²) in [6.45, 7) is 4.78. The number of urea groups is 1. The van der Waals surface area contributed by atoms with Crippen LogP contribution in [0.25, 0.3) is 0 Å². The van der Waals surface area contributed by atoms with E-state index >= 15 is 0 Å². The number of nitrogens with one attached hydrogen (secondary N) is 1. The van der Waals surface area contributed by atoms with Crippen molar-refractivity contribution in [2.24, 2.45) is 11.8 Å². The SMILES string of the molecule is O=C(O)C1CCC(NC(=O)N2CCN(CC3CCCCC3)CC2)CC1. The highest BCUT2D eigenvalue weighted by Crippen LogP contribution is 2.26. The van der Waals surface area contributed by atoms with Gasteiger partial charge in [0.25, 0.3) is 0 Å². The first-order valence-electron chi connectivity index (χ1n) is 10.1. The summed E-state index contributed by atoms with van der Waals surface area (Å²) in [6.07, 6.45) is 9.84. The molecule has 1 heterocycles. The average Bonchev–Trinajstić information content (AvgIpc) is 2.63. The van der Waals surface area contributed by atoms with Gasteiger partial charge in [-0.3, -0.25) is 9.69 Å². The van der Waals surface area contributed by atoms with Gasteiger partial charge >= 0.3 is 12.0 Å². The number of carbonyl (C=O) groups is 2. The molecule has 6 nitrogen and oxygen atoms in total. The van der Waals surface area contributed by atoms with Gasteiger partial charge in [0.1, 0.15) is 0 Å². The zero-order valence-corrected chi connectivity index (χ0v) is 15.3. The Bertz CT molecular complexity index is 449. The van der Waals surface area contributed by atoms with Gasteiger partial charge in [0.05, 0.1) is 5.92 Å². The summed E-state index contributed by atoms with van der Waals surface area (Å²) in [4.78, 5) is 27.9. The summed E-state index contributed by atoms with van der Waals surface area (Å²) in [6, 6.07) is 0.180. The van der Waals surface area contributed by atoms with E-state index in [0.29, 0.717) is 12.8 Å². The van der Waals surface area contributed by atoms with Crippen molar-refractivity contribution >= 4 is 12.0 Å². The highest BCUT2D eigenvalue weighted by atomic mass is 16.4. The topological polar surface area (TPSA) is 72.9 Å². The second-order valence-electron chi connectivity index (χ2n) is 8.13. The molecule has 3 rings (SSSR count). The van der Waals surface area contributed by atoms with Gasteiger partial charge in [0.15, 0.2) is 0 Å². The van der Waals surface area contributed by atoms with Crippen molar-refractivity contribution in [3.63, 3.8) is 0 Å². The lowest BCUT2D eigenvalue weighted by Crippen LogP contribution is -2.54. The van der Waals surface area contributed by atoms with Gasteiger partial charge in [0, 0.05) is 38.8 Å². The molecule has 2 amide bonds. The van der Waals surface area contributed by atoms with E-state index in [4.69, 9.17) is 5.11 Å². The standard InChI is InChI=1S/C19H33N3O3/c23-18(24)16-6-8-17(9-7-16)20-19(25)22-12-10-21(11-13-22)14-15-4-2-1-3-5-15/h15-17H,1-14H2,(H,20,25)(H,23,24). The van der Waals surface area contributed by atoms with E-state index in [1.807, 2.05) is 4.90 Å². The van der Waals surface area contributed by atoms with Crippen LogP contribution in [-0.2, 0) is 4.79 Å². The fourth-order valence-corrected chi connectivity index (χ4v) is 4.62. The van der Waals surface area contributed by atoms with Gasteiger partial charge in [-0.1, -0.05) is 19.3 Å². The Balaban J connectivity index is 1.35. The number of hydrogen-bond donors (Lipinski definition) is 2. The van der Waals surface area contributed by atoms with Crippen LogP contribution >= 0.6 is 0 Å². The first-order chi connectivity index (χ1) is 12.1. The van der Waals surface area contributed by atoms with Crippen LogP contribution in [0.4, 0.5) is 4.79 Å². The predicted molar refractivity (Wildman–Crippen MR) is 96.5 cm³/mol. The second-order valence-corrected chi connectivity index (χ2v) is 8.13. The Labute approximate surface area is 150 Å². The molecule has 1 aliphatic heterocycles. The smallest absolute Gasteiger partial charge is 0.317 e. The summed E-state index contributed by atoms with van der Waals surface area (Å²) in [5.74, 6) is -0.0612. The number of piperazine rings is 1. The first kappa shape index (κ1) is 18.5. The molecule has 3 aliphatic rings. The van der Waals surface area contributed by atoms with Crippen LogP contribution in [-0.4, -0.2) is 65.7 Å². The van der Waals surface area contributed by atoms with Crippen LogP contribution in [0.5, 0.6) is 0 Å². The van der Waals surface area contributed by atoms with Gasteiger partial charge in [-0.05, 0) is 44.4 Å². The minimum Gasteiger partial charge on any atom is -0.481 e. The van der Waals surface area contributed by atoms with Crippen molar-refractivity contribution in [3.8, 4) is 0 Å². The fourth-order valence-electron chi connectivity index (χ4n) is 4.62. The number of carboxylic acid groups (broad SMARTS) is 1. The number of nitrogens with zero attached hydrogens (tertiary/aromatic N) is 2. The van der Waals surface area contributed by atoms with Crippen LogP contribution in [0.3, 0.4) is 0 Å². The number of amides is 2. The van der Waals surface area contributed by atoms with Gasteiger partial charge in [-0.15, -0.1) is 0 Å². The average molecular weight is 351 g/mol. The van der Waals surface area contributed by atoms with E-state index in [9.17, 15) is 9.59 Å². The molecule has 2 aliphatic carbocycles. The Hall–Kier alpha value is -1.30. The third-order valence-corrected chi connectivity index (χ3v) is 6.30. The highest BCUT2D eigenvalue weighted by molar-refractivity contribution is 5.75. The van der Waals surface area contributed by atoms with E-state index in [1.165, 1.54) is 38.6 Å². The molecule has 0 unspecified atom stereocenters. The molecule has 0 radical (unpaired) electrons.